The minimum absolute atomic E-state index is 0.0119. The second-order valence-corrected chi connectivity index (χ2v) is 4.16. The van der Waals surface area contributed by atoms with E-state index in [1.807, 2.05) is 0 Å². The van der Waals surface area contributed by atoms with Gasteiger partial charge >= 0.3 is 0 Å². The van der Waals surface area contributed by atoms with Gasteiger partial charge in [-0.25, -0.2) is 9.97 Å². The quantitative estimate of drug-likeness (QED) is 0.796. The molecule has 0 amide bonds. The highest BCUT2D eigenvalue weighted by Crippen LogP contribution is 2.03. The number of hydrogen-bond donors (Lipinski definition) is 1. The zero-order valence-electron chi connectivity index (χ0n) is 8.74. The summed E-state index contributed by atoms with van der Waals surface area (Å²) in [6, 6.07) is 0. The largest absolute Gasteiger partial charge is 0.382 e. The molecule has 0 aliphatic heterocycles. The Kier molecular flexibility index (Phi) is 5.81. The number of aromatic nitrogens is 2. The van der Waals surface area contributed by atoms with Gasteiger partial charge in [0.05, 0.1) is 12.7 Å². The molecule has 0 bridgehead atoms. The Morgan fingerprint density at radius 1 is 1.40 bits per heavy atom. The lowest BCUT2D eigenvalue weighted by atomic mass is 10.4. The van der Waals surface area contributed by atoms with Crippen LogP contribution in [0, 0.1) is 3.57 Å². The van der Waals surface area contributed by atoms with Gasteiger partial charge in [-0.2, -0.15) is 0 Å². The van der Waals surface area contributed by atoms with Crippen LogP contribution in [0.15, 0.2) is 12.4 Å². The van der Waals surface area contributed by atoms with Gasteiger partial charge < -0.3 is 14.8 Å². The molecule has 0 saturated heterocycles. The molecule has 1 heterocycles. The Morgan fingerprint density at radius 2 is 2.07 bits per heavy atom. The fourth-order valence-electron chi connectivity index (χ4n) is 1.00. The van der Waals surface area contributed by atoms with Gasteiger partial charge in [-0.3, -0.25) is 0 Å². The van der Waals surface area contributed by atoms with Crippen LogP contribution in [-0.2, 0) is 9.47 Å². The van der Waals surface area contributed by atoms with Gasteiger partial charge in [-0.05, 0) is 22.6 Å². The summed E-state index contributed by atoms with van der Waals surface area (Å²) < 4.78 is 11.2. The van der Waals surface area contributed by atoms with Crippen molar-refractivity contribution in [3.8, 4) is 0 Å². The fraction of sp³-hybridized carbons (Fsp3) is 0.556. The highest BCUT2D eigenvalue weighted by molar-refractivity contribution is 14.1. The highest BCUT2D eigenvalue weighted by atomic mass is 127. The number of ether oxygens (including phenoxy) is 2. The Bertz CT molecular complexity index is 281. The summed E-state index contributed by atoms with van der Waals surface area (Å²) in [5.41, 5.74) is 0. The minimum atomic E-state index is 0.0119. The number of rotatable bonds is 6. The Hall–Kier alpha value is -0.470. The summed E-state index contributed by atoms with van der Waals surface area (Å²) in [5, 5.41) is 3.08. The van der Waals surface area contributed by atoms with Gasteiger partial charge in [-0.15, -0.1) is 0 Å². The van der Waals surface area contributed by atoms with Crippen molar-refractivity contribution in [2.24, 2.45) is 0 Å². The molecule has 0 spiro atoms. The van der Waals surface area contributed by atoms with E-state index in [4.69, 9.17) is 9.47 Å². The zero-order valence-corrected chi connectivity index (χ0v) is 10.9. The van der Waals surface area contributed by atoms with E-state index in [9.17, 15) is 0 Å². The molecular formula is C9H14IN3O2. The van der Waals surface area contributed by atoms with Crippen LogP contribution in [0.3, 0.4) is 0 Å². The summed E-state index contributed by atoms with van der Waals surface area (Å²) >= 11 is 2.16. The molecule has 1 aromatic rings. The van der Waals surface area contributed by atoms with Crippen molar-refractivity contribution >= 4 is 28.5 Å². The first-order valence-electron chi connectivity index (χ1n) is 4.49. The second kappa shape index (κ2) is 6.91. The van der Waals surface area contributed by atoms with E-state index in [1.165, 1.54) is 0 Å². The van der Waals surface area contributed by atoms with Crippen molar-refractivity contribution in [2.45, 2.75) is 6.10 Å². The first-order chi connectivity index (χ1) is 7.26. The summed E-state index contributed by atoms with van der Waals surface area (Å²) in [6.45, 7) is 1.18. The molecule has 0 aliphatic rings. The lowest BCUT2D eigenvalue weighted by molar-refractivity contribution is 0.0365. The van der Waals surface area contributed by atoms with Crippen molar-refractivity contribution in [3.05, 3.63) is 16.0 Å². The number of nitrogens with zero attached hydrogens (tertiary/aromatic N) is 2. The Labute approximate surface area is 103 Å². The molecule has 84 valence electrons. The molecular weight excluding hydrogens is 309 g/mol. The van der Waals surface area contributed by atoms with E-state index in [0.717, 1.165) is 3.57 Å². The van der Waals surface area contributed by atoms with Gasteiger partial charge in [0, 0.05) is 36.7 Å². The first-order valence-corrected chi connectivity index (χ1v) is 5.57. The van der Waals surface area contributed by atoms with Crippen LogP contribution in [0.5, 0.6) is 0 Å². The van der Waals surface area contributed by atoms with Crippen LogP contribution in [0.25, 0.3) is 0 Å². The third kappa shape index (κ3) is 4.72. The van der Waals surface area contributed by atoms with Crippen molar-refractivity contribution in [2.75, 3.05) is 32.7 Å². The average molecular weight is 323 g/mol. The SMILES string of the molecule is COCC(CNc1ncc(I)cn1)OC. The lowest BCUT2D eigenvalue weighted by Gasteiger charge is -2.14. The van der Waals surface area contributed by atoms with Crippen LogP contribution in [0.1, 0.15) is 0 Å². The lowest BCUT2D eigenvalue weighted by Crippen LogP contribution is -2.27. The van der Waals surface area contributed by atoms with Gasteiger partial charge in [0.25, 0.3) is 0 Å². The standard InChI is InChI=1S/C9H14IN3O2/c1-14-6-8(15-2)5-13-9-11-3-7(10)4-12-9/h3-4,8H,5-6H2,1-2H3,(H,11,12,13). The molecule has 5 nitrogen and oxygen atoms in total. The molecule has 0 aromatic carbocycles. The zero-order chi connectivity index (χ0) is 11.1. The fourth-order valence-corrected chi connectivity index (χ4v) is 1.28. The van der Waals surface area contributed by atoms with Crippen LogP contribution in [0.2, 0.25) is 0 Å². The summed E-state index contributed by atoms with van der Waals surface area (Å²) in [4.78, 5) is 8.24. The van der Waals surface area contributed by atoms with E-state index in [-0.39, 0.29) is 6.10 Å². The van der Waals surface area contributed by atoms with E-state index >= 15 is 0 Å². The monoisotopic (exact) mass is 323 g/mol. The minimum Gasteiger partial charge on any atom is -0.382 e. The van der Waals surface area contributed by atoms with Crippen LogP contribution in [-0.4, -0.2) is 43.4 Å². The van der Waals surface area contributed by atoms with E-state index in [0.29, 0.717) is 19.1 Å². The number of halogens is 1. The maximum absolute atomic E-state index is 5.19. The van der Waals surface area contributed by atoms with Crippen LogP contribution < -0.4 is 5.32 Å². The molecule has 1 rings (SSSR count). The van der Waals surface area contributed by atoms with Crippen molar-refractivity contribution in [1.29, 1.82) is 0 Å². The normalized spacial score (nSPS) is 12.5. The maximum Gasteiger partial charge on any atom is 0.222 e. The van der Waals surface area contributed by atoms with Crippen molar-refractivity contribution in [3.63, 3.8) is 0 Å². The molecule has 0 aliphatic carbocycles. The number of methoxy groups -OCH3 is 2. The third-order valence-corrected chi connectivity index (χ3v) is 2.35. The number of anilines is 1. The summed E-state index contributed by atoms with van der Waals surface area (Å²) in [5.74, 6) is 0.605. The number of hydrogen-bond acceptors (Lipinski definition) is 5. The van der Waals surface area contributed by atoms with Crippen molar-refractivity contribution < 1.29 is 9.47 Å². The molecule has 0 fully saturated rings. The maximum atomic E-state index is 5.19. The molecule has 15 heavy (non-hydrogen) atoms. The van der Waals surface area contributed by atoms with E-state index in [1.54, 1.807) is 26.6 Å². The smallest absolute Gasteiger partial charge is 0.222 e. The third-order valence-electron chi connectivity index (χ3n) is 1.79. The van der Waals surface area contributed by atoms with Gasteiger partial charge in [-0.1, -0.05) is 0 Å². The first kappa shape index (κ1) is 12.6. The highest BCUT2D eigenvalue weighted by Gasteiger charge is 2.06. The Morgan fingerprint density at radius 3 is 2.60 bits per heavy atom. The predicted molar refractivity (Wildman–Crippen MR) is 65.9 cm³/mol. The van der Waals surface area contributed by atoms with E-state index < -0.39 is 0 Å². The molecule has 0 radical (unpaired) electrons. The van der Waals surface area contributed by atoms with Crippen LogP contribution >= 0.6 is 22.6 Å². The summed E-state index contributed by atoms with van der Waals surface area (Å²) in [6.07, 6.45) is 3.53. The predicted octanol–water partition coefficient (Wildman–Crippen LogP) is 1.15. The van der Waals surface area contributed by atoms with Gasteiger partial charge in [0.2, 0.25) is 5.95 Å². The topological polar surface area (TPSA) is 56.3 Å². The molecule has 6 heteroatoms. The van der Waals surface area contributed by atoms with E-state index in [2.05, 4.69) is 37.9 Å². The summed E-state index contributed by atoms with van der Waals surface area (Å²) in [7, 11) is 3.30. The molecule has 0 saturated carbocycles. The molecule has 1 aromatic heterocycles. The molecule has 1 N–H and O–H groups in total. The van der Waals surface area contributed by atoms with Gasteiger partial charge in [0.15, 0.2) is 0 Å². The second-order valence-electron chi connectivity index (χ2n) is 2.92. The molecule has 1 atom stereocenters. The van der Waals surface area contributed by atoms with Crippen molar-refractivity contribution in [1.82, 2.24) is 9.97 Å². The Balaban J connectivity index is 2.38. The average Bonchev–Trinajstić information content (AvgIpc) is 2.26. The van der Waals surface area contributed by atoms with Crippen LogP contribution in [0.4, 0.5) is 5.95 Å². The van der Waals surface area contributed by atoms with Gasteiger partial charge in [0.1, 0.15) is 0 Å². The number of nitrogens with one attached hydrogen (secondary N) is 1. The molecule has 1 unspecified atom stereocenters.